The number of allylic oxidation sites excluding steroid dienone is 2. The Morgan fingerprint density at radius 1 is 1.41 bits per heavy atom. The van der Waals surface area contributed by atoms with Gasteiger partial charge in [0.15, 0.2) is 17.4 Å². The van der Waals surface area contributed by atoms with Gasteiger partial charge in [-0.15, -0.1) is 0 Å². The maximum absolute atomic E-state index is 11.3. The SMILES string of the molecule is CC(=O)/C=C/C[C@@H](C)C[C@]1(O)C[C@H](C)C[C@@H]([C@@H](O)C(C)=O)O1. The lowest BCUT2D eigenvalue weighted by Crippen LogP contribution is -2.50. The van der Waals surface area contributed by atoms with Gasteiger partial charge >= 0.3 is 0 Å². The Morgan fingerprint density at radius 2 is 2.05 bits per heavy atom. The maximum Gasteiger partial charge on any atom is 0.166 e. The first-order valence-electron chi connectivity index (χ1n) is 7.89. The molecule has 1 fully saturated rings. The van der Waals surface area contributed by atoms with Crippen molar-refractivity contribution in [2.45, 2.75) is 71.4 Å². The number of rotatable bonds is 7. The fraction of sp³-hybridized carbons (Fsp3) is 0.765. The fourth-order valence-electron chi connectivity index (χ4n) is 3.08. The summed E-state index contributed by atoms with van der Waals surface area (Å²) >= 11 is 0. The van der Waals surface area contributed by atoms with Crippen molar-refractivity contribution in [3.8, 4) is 0 Å². The lowest BCUT2D eigenvalue weighted by Gasteiger charge is -2.42. The summed E-state index contributed by atoms with van der Waals surface area (Å²) in [5.41, 5.74) is 0. The Hall–Kier alpha value is -1.04. The van der Waals surface area contributed by atoms with Gasteiger partial charge < -0.3 is 14.9 Å². The molecular formula is C17H28O5. The quantitative estimate of drug-likeness (QED) is 0.703. The molecule has 1 aliphatic rings. The number of aliphatic hydroxyl groups is 2. The largest absolute Gasteiger partial charge is 0.383 e. The fourth-order valence-corrected chi connectivity index (χ4v) is 3.08. The van der Waals surface area contributed by atoms with E-state index in [1.54, 1.807) is 6.08 Å². The minimum Gasteiger partial charge on any atom is -0.383 e. The molecule has 0 aromatic carbocycles. The van der Waals surface area contributed by atoms with Crippen LogP contribution in [0.4, 0.5) is 0 Å². The zero-order valence-electron chi connectivity index (χ0n) is 13.9. The summed E-state index contributed by atoms with van der Waals surface area (Å²) in [4.78, 5) is 22.2. The number of carbonyl (C=O) groups excluding carboxylic acids is 2. The van der Waals surface area contributed by atoms with Gasteiger partial charge in [-0.1, -0.05) is 19.9 Å². The Kier molecular flexibility index (Phi) is 6.91. The second-order valence-electron chi connectivity index (χ2n) is 6.76. The van der Waals surface area contributed by atoms with Gasteiger partial charge in [0, 0.05) is 12.8 Å². The number of ketones is 2. The van der Waals surface area contributed by atoms with E-state index in [9.17, 15) is 19.8 Å². The summed E-state index contributed by atoms with van der Waals surface area (Å²) in [7, 11) is 0. The first kappa shape index (κ1) is 19.0. The number of ether oxygens (including phenoxy) is 1. The van der Waals surface area contributed by atoms with E-state index < -0.39 is 18.0 Å². The Balaban J connectivity index is 2.66. The van der Waals surface area contributed by atoms with Gasteiger partial charge in [0.1, 0.15) is 6.10 Å². The van der Waals surface area contributed by atoms with Crippen LogP contribution >= 0.6 is 0 Å². The van der Waals surface area contributed by atoms with Crippen molar-refractivity contribution in [3.05, 3.63) is 12.2 Å². The van der Waals surface area contributed by atoms with Crippen molar-refractivity contribution in [3.63, 3.8) is 0 Å². The molecule has 1 saturated heterocycles. The standard InChI is InChI=1S/C17H28O5/c1-11(6-5-7-13(3)18)9-17(21)10-12(2)8-15(22-17)16(20)14(4)19/h5,7,11-12,15-16,20-21H,6,8-10H2,1-4H3/b7-5+/t11-,12-,15+,16+,17-/m1/s1. The number of Topliss-reactive ketones (excluding diaryl/α,β-unsaturated/α-hetero) is 1. The van der Waals surface area contributed by atoms with E-state index in [-0.39, 0.29) is 23.4 Å². The normalized spacial score (nSPS) is 31.9. The van der Waals surface area contributed by atoms with Crippen molar-refractivity contribution in [1.29, 1.82) is 0 Å². The van der Waals surface area contributed by atoms with Crippen LogP contribution in [0.2, 0.25) is 0 Å². The predicted octanol–water partition coefficient (Wildman–Crippen LogP) is 2.00. The van der Waals surface area contributed by atoms with Crippen molar-refractivity contribution in [2.75, 3.05) is 0 Å². The van der Waals surface area contributed by atoms with E-state index >= 15 is 0 Å². The number of hydrogen-bond donors (Lipinski definition) is 2. The van der Waals surface area contributed by atoms with Gasteiger partial charge in [-0.25, -0.2) is 0 Å². The summed E-state index contributed by atoms with van der Waals surface area (Å²) < 4.78 is 5.66. The third-order valence-corrected chi connectivity index (χ3v) is 4.00. The molecule has 0 spiro atoms. The highest BCUT2D eigenvalue weighted by Crippen LogP contribution is 2.37. The van der Waals surface area contributed by atoms with Gasteiger partial charge in [0.05, 0.1) is 6.10 Å². The molecule has 5 nitrogen and oxygen atoms in total. The van der Waals surface area contributed by atoms with E-state index in [1.165, 1.54) is 19.9 Å². The molecule has 0 aromatic rings. The third kappa shape index (κ3) is 5.99. The van der Waals surface area contributed by atoms with Crippen LogP contribution in [0.3, 0.4) is 0 Å². The molecule has 5 heteroatoms. The molecule has 1 rings (SSSR count). The topological polar surface area (TPSA) is 83.8 Å². The van der Waals surface area contributed by atoms with Crippen LogP contribution in [0.25, 0.3) is 0 Å². The predicted molar refractivity (Wildman–Crippen MR) is 83.1 cm³/mol. The van der Waals surface area contributed by atoms with Gasteiger partial charge in [-0.05, 0) is 44.6 Å². The minimum absolute atomic E-state index is 0.00176. The zero-order valence-corrected chi connectivity index (χ0v) is 13.9. The third-order valence-electron chi connectivity index (χ3n) is 4.00. The highest BCUT2D eigenvalue weighted by atomic mass is 16.6. The molecule has 1 heterocycles. The summed E-state index contributed by atoms with van der Waals surface area (Å²) in [6.45, 7) is 6.77. The van der Waals surface area contributed by atoms with Crippen LogP contribution in [0.15, 0.2) is 12.2 Å². The van der Waals surface area contributed by atoms with E-state index in [0.29, 0.717) is 25.7 Å². The zero-order chi connectivity index (χ0) is 16.9. The monoisotopic (exact) mass is 312 g/mol. The Morgan fingerprint density at radius 3 is 2.59 bits per heavy atom. The van der Waals surface area contributed by atoms with Crippen molar-refractivity contribution in [1.82, 2.24) is 0 Å². The average molecular weight is 312 g/mol. The second kappa shape index (κ2) is 7.99. The first-order chi connectivity index (χ1) is 10.1. The molecule has 22 heavy (non-hydrogen) atoms. The van der Waals surface area contributed by atoms with Crippen LogP contribution < -0.4 is 0 Å². The maximum atomic E-state index is 11.3. The highest BCUT2D eigenvalue weighted by Gasteiger charge is 2.42. The lowest BCUT2D eigenvalue weighted by molar-refractivity contribution is -0.283. The average Bonchev–Trinajstić information content (AvgIpc) is 2.35. The van der Waals surface area contributed by atoms with Crippen molar-refractivity contribution < 1.29 is 24.5 Å². The van der Waals surface area contributed by atoms with Gasteiger partial charge in [0.25, 0.3) is 0 Å². The van der Waals surface area contributed by atoms with Gasteiger partial charge in [-0.2, -0.15) is 0 Å². The minimum atomic E-state index is -1.33. The van der Waals surface area contributed by atoms with Crippen LogP contribution in [-0.2, 0) is 14.3 Å². The Bertz CT molecular complexity index is 431. The molecule has 0 amide bonds. The molecule has 5 atom stereocenters. The molecule has 0 saturated carbocycles. The van der Waals surface area contributed by atoms with Crippen LogP contribution in [-0.4, -0.2) is 39.8 Å². The van der Waals surface area contributed by atoms with E-state index in [2.05, 4.69) is 0 Å². The summed E-state index contributed by atoms with van der Waals surface area (Å²) in [6.07, 6.45) is 3.57. The van der Waals surface area contributed by atoms with Gasteiger partial charge in [-0.3, -0.25) is 9.59 Å². The van der Waals surface area contributed by atoms with Crippen LogP contribution in [0, 0.1) is 11.8 Å². The van der Waals surface area contributed by atoms with Gasteiger partial charge in [0.2, 0.25) is 0 Å². The molecule has 2 N–H and O–H groups in total. The van der Waals surface area contributed by atoms with Crippen molar-refractivity contribution >= 4 is 11.6 Å². The van der Waals surface area contributed by atoms with E-state index in [1.807, 2.05) is 13.8 Å². The molecule has 0 unspecified atom stereocenters. The number of aliphatic hydroxyl groups excluding tert-OH is 1. The lowest BCUT2D eigenvalue weighted by atomic mass is 9.84. The summed E-state index contributed by atoms with van der Waals surface area (Å²) in [5.74, 6) is -1.39. The van der Waals surface area contributed by atoms with Crippen LogP contribution in [0.1, 0.15) is 53.4 Å². The molecule has 0 bridgehead atoms. The molecule has 0 aliphatic carbocycles. The van der Waals surface area contributed by atoms with Crippen LogP contribution in [0.5, 0.6) is 0 Å². The Labute approximate surface area is 132 Å². The second-order valence-corrected chi connectivity index (χ2v) is 6.76. The molecular weight excluding hydrogens is 284 g/mol. The molecule has 126 valence electrons. The smallest absolute Gasteiger partial charge is 0.166 e. The van der Waals surface area contributed by atoms with E-state index in [0.717, 1.165) is 0 Å². The number of carbonyl (C=O) groups is 2. The first-order valence-corrected chi connectivity index (χ1v) is 7.89. The molecule has 1 aliphatic heterocycles. The number of hydrogen-bond acceptors (Lipinski definition) is 5. The molecule has 0 aromatic heterocycles. The molecule has 0 radical (unpaired) electrons. The van der Waals surface area contributed by atoms with Crippen molar-refractivity contribution in [2.24, 2.45) is 11.8 Å². The highest BCUT2D eigenvalue weighted by molar-refractivity contribution is 5.87. The van der Waals surface area contributed by atoms with E-state index in [4.69, 9.17) is 4.74 Å². The summed E-state index contributed by atoms with van der Waals surface area (Å²) in [6, 6.07) is 0. The summed E-state index contributed by atoms with van der Waals surface area (Å²) in [5, 5.41) is 20.6.